The minimum atomic E-state index is -0.553. The van der Waals surface area contributed by atoms with Gasteiger partial charge in [0.2, 0.25) is 0 Å². The van der Waals surface area contributed by atoms with Crippen LogP contribution in [0.1, 0.15) is 29.4 Å². The van der Waals surface area contributed by atoms with Crippen LogP contribution in [0.5, 0.6) is 0 Å². The van der Waals surface area contributed by atoms with Gasteiger partial charge in [-0.3, -0.25) is 9.48 Å². The Morgan fingerprint density at radius 3 is 2.47 bits per heavy atom. The van der Waals surface area contributed by atoms with Crippen LogP contribution in [-0.4, -0.2) is 33.0 Å². The van der Waals surface area contributed by atoms with Gasteiger partial charge < -0.3 is 5.32 Å². The summed E-state index contributed by atoms with van der Waals surface area (Å²) in [5.74, 6) is 0.398. The molecule has 0 saturated carbocycles. The third-order valence-electron chi connectivity index (χ3n) is 2.83. The molecule has 0 bridgehead atoms. The molecule has 1 aromatic heterocycles. The van der Waals surface area contributed by atoms with Crippen molar-refractivity contribution in [2.75, 3.05) is 11.8 Å². The van der Waals surface area contributed by atoms with Crippen molar-refractivity contribution < 1.29 is 4.79 Å². The smallest absolute Gasteiger partial charge is 0.255 e. The maximum absolute atomic E-state index is 12.1. The SMILES string of the molecule is CCC(CCl)(CCl)NC(=O)c1cn(C)nc1C. The van der Waals surface area contributed by atoms with Crippen LogP contribution >= 0.6 is 23.2 Å². The highest BCUT2D eigenvalue weighted by Gasteiger charge is 2.29. The zero-order valence-electron chi connectivity index (χ0n) is 10.3. The highest BCUT2D eigenvalue weighted by molar-refractivity contribution is 6.22. The van der Waals surface area contributed by atoms with Crippen LogP contribution in [-0.2, 0) is 7.05 Å². The lowest BCUT2D eigenvalue weighted by Gasteiger charge is -2.29. The average Bonchev–Trinajstić information content (AvgIpc) is 2.65. The molecule has 1 heterocycles. The van der Waals surface area contributed by atoms with E-state index in [2.05, 4.69) is 10.4 Å². The zero-order valence-corrected chi connectivity index (χ0v) is 11.8. The van der Waals surface area contributed by atoms with Gasteiger partial charge in [-0.05, 0) is 13.3 Å². The summed E-state index contributed by atoms with van der Waals surface area (Å²) in [4.78, 5) is 12.1. The third-order valence-corrected chi connectivity index (χ3v) is 3.85. The fraction of sp³-hybridized carbons (Fsp3) is 0.636. The number of nitrogens with zero attached hydrogens (tertiary/aromatic N) is 2. The Morgan fingerprint density at radius 2 is 2.12 bits per heavy atom. The second kappa shape index (κ2) is 5.74. The van der Waals surface area contributed by atoms with Crippen molar-refractivity contribution in [2.45, 2.75) is 25.8 Å². The molecule has 1 rings (SSSR count). The number of aryl methyl sites for hydroxylation is 2. The van der Waals surface area contributed by atoms with Gasteiger partial charge in [-0.25, -0.2) is 0 Å². The molecule has 4 nitrogen and oxygen atoms in total. The lowest BCUT2D eigenvalue weighted by atomic mass is 10.0. The largest absolute Gasteiger partial charge is 0.344 e. The van der Waals surface area contributed by atoms with Crippen molar-refractivity contribution in [1.29, 1.82) is 0 Å². The molecule has 0 aromatic carbocycles. The van der Waals surface area contributed by atoms with E-state index >= 15 is 0 Å². The number of hydrogen-bond donors (Lipinski definition) is 1. The van der Waals surface area contributed by atoms with Gasteiger partial charge in [0.1, 0.15) is 0 Å². The van der Waals surface area contributed by atoms with Crippen LogP contribution in [0.4, 0.5) is 0 Å². The van der Waals surface area contributed by atoms with E-state index in [1.165, 1.54) is 0 Å². The van der Waals surface area contributed by atoms with Crippen molar-refractivity contribution in [3.05, 3.63) is 17.5 Å². The molecule has 0 atom stereocenters. The van der Waals surface area contributed by atoms with Gasteiger partial charge in [0, 0.05) is 25.0 Å². The molecule has 17 heavy (non-hydrogen) atoms. The first-order valence-corrected chi connectivity index (χ1v) is 6.49. The highest BCUT2D eigenvalue weighted by Crippen LogP contribution is 2.16. The number of alkyl halides is 2. The molecule has 1 amide bonds. The summed E-state index contributed by atoms with van der Waals surface area (Å²) < 4.78 is 1.61. The minimum Gasteiger partial charge on any atom is -0.344 e. The van der Waals surface area contributed by atoms with Crippen LogP contribution in [0.25, 0.3) is 0 Å². The van der Waals surface area contributed by atoms with E-state index in [1.54, 1.807) is 24.9 Å². The zero-order chi connectivity index (χ0) is 13.1. The predicted molar refractivity (Wildman–Crippen MR) is 69.9 cm³/mol. The molecule has 0 unspecified atom stereocenters. The maximum atomic E-state index is 12.1. The molecule has 1 N–H and O–H groups in total. The Hall–Kier alpha value is -0.740. The van der Waals surface area contributed by atoms with Crippen LogP contribution in [0.3, 0.4) is 0 Å². The lowest BCUT2D eigenvalue weighted by Crippen LogP contribution is -2.51. The predicted octanol–water partition coefficient (Wildman–Crippen LogP) is 2.08. The van der Waals surface area contributed by atoms with Crippen molar-refractivity contribution in [2.24, 2.45) is 7.05 Å². The Labute approximate surface area is 111 Å². The van der Waals surface area contributed by atoms with E-state index in [0.717, 1.165) is 0 Å². The number of carbonyl (C=O) groups excluding carboxylic acids is 1. The molecule has 96 valence electrons. The first kappa shape index (κ1) is 14.3. The fourth-order valence-corrected chi connectivity index (χ4v) is 2.31. The summed E-state index contributed by atoms with van der Waals surface area (Å²) in [7, 11) is 1.78. The Kier molecular flexibility index (Phi) is 4.83. The monoisotopic (exact) mass is 277 g/mol. The first-order valence-electron chi connectivity index (χ1n) is 5.42. The standard InChI is InChI=1S/C11H17Cl2N3O/c1-4-11(6-12,7-13)14-10(17)9-5-16(3)15-8(9)2/h5H,4,6-7H2,1-3H3,(H,14,17). The second-order valence-electron chi connectivity index (χ2n) is 4.16. The van der Waals surface area contributed by atoms with Crippen molar-refractivity contribution in [3.63, 3.8) is 0 Å². The van der Waals surface area contributed by atoms with E-state index in [-0.39, 0.29) is 17.7 Å². The topological polar surface area (TPSA) is 46.9 Å². The van der Waals surface area contributed by atoms with Gasteiger partial charge in [-0.15, -0.1) is 23.2 Å². The summed E-state index contributed by atoms with van der Waals surface area (Å²) in [6.45, 7) is 3.74. The first-order chi connectivity index (χ1) is 7.98. The molecule has 0 aliphatic carbocycles. The summed E-state index contributed by atoms with van der Waals surface area (Å²) in [6.07, 6.45) is 2.37. The van der Waals surface area contributed by atoms with Gasteiger partial charge in [0.25, 0.3) is 5.91 Å². The second-order valence-corrected chi connectivity index (χ2v) is 4.69. The van der Waals surface area contributed by atoms with Gasteiger partial charge >= 0.3 is 0 Å². The Morgan fingerprint density at radius 1 is 1.53 bits per heavy atom. The normalized spacial score (nSPS) is 11.6. The third kappa shape index (κ3) is 3.13. The lowest BCUT2D eigenvalue weighted by molar-refractivity contribution is 0.0913. The number of aromatic nitrogens is 2. The molecule has 6 heteroatoms. The van der Waals surface area contributed by atoms with Crippen molar-refractivity contribution >= 4 is 29.1 Å². The van der Waals surface area contributed by atoms with Crippen LogP contribution in [0, 0.1) is 6.92 Å². The molecule has 1 aromatic rings. The molecule has 0 aliphatic rings. The Balaban J connectivity index is 2.88. The van der Waals surface area contributed by atoms with Crippen molar-refractivity contribution in [1.82, 2.24) is 15.1 Å². The minimum absolute atomic E-state index is 0.182. The van der Waals surface area contributed by atoms with E-state index in [4.69, 9.17) is 23.2 Å². The molecular formula is C11H17Cl2N3O. The highest BCUT2D eigenvalue weighted by atomic mass is 35.5. The van der Waals surface area contributed by atoms with E-state index in [0.29, 0.717) is 17.7 Å². The van der Waals surface area contributed by atoms with E-state index in [1.807, 2.05) is 6.92 Å². The molecule has 0 aliphatic heterocycles. The van der Waals surface area contributed by atoms with Crippen LogP contribution in [0.15, 0.2) is 6.20 Å². The summed E-state index contributed by atoms with van der Waals surface area (Å²) >= 11 is 11.8. The van der Waals surface area contributed by atoms with Crippen molar-refractivity contribution in [3.8, 4) is 0 Å². The number of halogens is 2. The molecule has 0 spiro atoms. The van der Waals surface area contributed by atoms with Crippen LogP contribution in [0.2, 0.25) is 0 Å². The van der Waals surface area contributed by atoms with Gasteiger partial charge in [0.15, 0.2) is 0 Å². The number of amides is 1. The van der Waals surface area contributed by atoms with Gasteiger partial charge in [-0.2, -0.15) is 5.10 Å². The van der Waals surface area contributed by atoms with E-state index < -0.39 is 5.54 Å². The van der Waals surface area contributed by atoms with Gasteiger partial charge in [-0.1, -0.05) is 6.92 Å². The number of carbonyl (C=O) groups is 1. The quantitative estimate of drug-likeness (QED) is 0.838. The number of hydrogen-bond acceptors (Lipinski definition) is 2. The van der Waals surface area contributed by atoms with Crippen LogP contribution < -0.4 is 5.32 Å². The number of rotatable bonds is 5. The van der Waals surface area contributed by atoms with Gasteiger partial charge in [0.05, 0.1) is 16.8 Å². The summed E-state index contributed by atoms with van der Waals surface area (Å²) in [6, 6.07) is 0. The molecule has 0 radical (unpaired) electrons. The fourth-order valence-electron chi connectivity index (χ4n) is 1.51. The summed E-state index contributed by atoms with van der Waals surface area (Å²) in [5.41, 5.74) is 0.697. The molecular weight excluding hydrogens is 261 g/mol. The molecule has 0 fully saturated rings. The molecule has 0 saturated heterocycles. The maximum Gasteiger partial charge on any atom is 0.255 e. The Bertz CT molecular complexity index is 391. The number of nitrogens with one attached hydrogen (secondary N) is 1. The van der Waals surface area contributed by atoms with E-state index in [9.17, 15) is 4.79 Å². The average molecular weight is 278 g/mol. The summed E-state index contributed by atoms with van der Waals surface area (Å²) in [5, 5.41) is 7.02.